The van der Waals surface area contributed by atoms with Crippen molar-refractivity contribution < 1.29 is 14.4 Å². The lowest BCUT2D eigenvalue weighted by atomic mass is 9.75. The van der Waals surface area contributed by atoms with E-state index in [-0.39, 0.29) is 17.8 Å². The molecular formula is C12H20NO2+. The van der Waals surface area contributed by atoms with Crippen molar-refractivity contribution in [2.45, 2.75) is 26.4 Å². The Balaban J connectivity index is 2.95. The van der Waals surface area contributed by atoms with Crippen molar-refractivity contribution in [1.29, 1.82) is 0 Å². The highest BCUT2D eigenvalue weighted by Gasteiger charge is 2.49. The van der Waals surface area contributed by atoms with Gasteiger partial charge in [0.05, 0.1) is 32.0 Å². The van der Waals surface area contributed by atoms with Crippen molar-refractivity contribution in [3.63, 3.8) is 0 Å². The van der Waals surface area contributed by atoms with Crippen molar-refractivity contribution in [3.05, 3.63) is 0 Å². The predicted molar refractivity (Wildman–Crippen MR) is 58.3 cm³/mol. The van der Waals surface area contributed by atoms with Crippen LogP contribution in [0.25, 0.3) is 0 Å². The lowest BCUT2D eigenvalue weighted by Gasteiger charge is -2.43. The molecule has 4 atom stereocenters. The van der Waals surface area contributed by atoms with Crippen molar-refractivity contribution in [3.8, 4) is 12.3 Å². The molecule has 0 bridgehead atoms. The van der Waals surface area contributed by atoms with E-state index in [1.807, 2.05) is 0 Å². The second kappa shape index (κ2) is 4.24. The second-order valence-electron chi connectivity index (χ2n) is 4.70. The second-order valence-corrected chi connectivity index (χ2v) is 4.70. The largest absolute Gasteiger partial charge is 0.445 e. The molecule has 1 heterocycles. The number of esters is 1. The van der Waals surface area contributed by atoms with Crippen LogP contribution in [0.4, 0.5) is 0 Å². The number of rotatable bonds is 1. The van der Waals surface area contributed by atoms with Crippen LogP contribution in [0.2, 0.25) is 0 Å². The maximum Gasteiger partial charge on any atom is 0.304 e. The third-order valence-corrected chi connectivity index (χ3v) is 3.31. The average Bonchev–Trinajstić information content (AvgIpc) is 2.11. The Kier molecular flexibility index (Phi) is 3.41. The van der Waals surface area contributed by atoms with Crippen LogP contribution in [0, 0.1) is 24.2 Å². The van der Waals surface area contributed by atoms with Crippen LogP contribution in [0.5, 0.6) is 0 Å². The van der Waals surface area contributed by atoms with Gasteiger partial charge in [-0.15, -0.1) is 6.42 Å². The van der Waals surface area contributed by atoms with Gasteiger partial charge >= 0.3 is 5.97 Å². The number of carbonyl (C=O) groups is 1. The molecule has 84 valence electrons. The summed E-state index contributed by atoms with van der Waals surface area (Å²) >= 11 is 0. The van der Waals surface area contributed by atoms with Gasteiger partial charge in [-0.1, -0.05) is 19.8 Å². The first-order valence-electron chi connectivity index (χ1n) is 5.41. The minimum Gasteiger partial charge on any atom is -0.445 e. The van der Waals surface area contributed by atoms with Crippen LogP contribution >= 0.6 is 0 Å². The van der Waals surface area contributed by atoms with Crippen LogP contribution in [0.1, 0.15) is 20.8 Å². The number of hydrogen-bond acceptors (Lipinski definition) is 2. The summed E-state index contributed by atoms with van der Waals surface area (Å²) in [7, 11) is 2.14. The fraction of sp³-hybridized carbons (Fsp3) is 0.750. The summed E-state index contributed by atoms with van der Waals surface area (Å²) in [6.45, 7) is 7.43. The molecule has 0 aromatic carbocycles. The topological polar surface area (TPSA) is 30.7 Å². The van der Waals surface area contributed by atoms with Gasteiger partial charge in [-0.25, -0.2) is 0 Å². The molecule has 0 spiro atoms. The fourth-order valence-electron chi connectivity index (χ4n) is 2.67. The molecule has 0 aromatic rings. The molecule has 0 radical (unpaired) electrons. The van der Waals surface area contributed by atoms with E-state index in [9.17, 15) is 4.79 Å². The molecule has 1 saturated heterocycles. The van der Waals surface area contributed by atoms with Crippen LogP contribution in [-0.4, -0.2) is 31.7 Å². The molecule has 1 aliphatic rings. The van der Waals surface area contributed by atoms with Gasteiger partial charge in [-0.2, -0.15) is 0 Å². The number of carbonyl (C=O) groups excluding carboxylic acids is 1. The SMILES string of the molecule is C#CC1(OC(C)=O)[C@H](C)C[NH+](C)C[C@@H]1C. The third kappa shape index (κ3) is 2.15. The molecule has 0 aromatic heterocycles. The summed E-state index contributed by atoms with van der Waals surface area (Å²) in [6, 6.07) is 0. The van der Waals surface area contributed by atoms with E-state index in [0.717, 1.165) is 13.1 Å². The van der Waals surface area contributed by atoms with E-state index < -0.39 is 5.60 Å². The van der Waals surface area contributed by atoms with Gasteiger partial charge in [-0.3, -0.25) is 4.79 Å². The van der Waals surface area contributed by atoms with Crippen LogP contribution in [0.3, 0.4) is 0 Å². The van der Waals surface area contributed by atoms with Gasteiger partial charge in [0.1, 0.15) is 0 Å². The summed E-state index contributed by atoms with van der Waals surface area (Å²) < 4.78 is 5.41. The van der Waals surface area contributed by atoms with E-state index >= 15 is 0 Å². The Morgan fingerprint density at radius 2 is 1.93 bits per heavy atom. The quantitative estimate of drug-likeness (QED) is 0.477. The lowest BCUT2D eigenvalue weighted by Crippen LogP contribution is -3.12. The Bertz CT molecular complexity index is 280. The minimum absolute atomic E-state index is 0.204. The van der Waals surface area contributed by atoms with Crippen molar-refractivity contribution >= 4 is 5.97 Å². The first-order chi connectivity index (χ1) is 6.92. The van der Waals surface area contributed by atoms with Crippen LogP contribution in [0.15, 0.2) is 0 Å². The number of terminal acetylenes is 1. The number of quaternary nitrogens is 1. The number of nitrogens with one attached hydrogen (secondary N) is 1. The van der Waals surface area contributed by atoms with E-state index in [1.54, 1.807) is 0 Å². The first kappa shape index (κ1) is 12.1. The molecule has 1 N–H and O–H groups in total. The molecule has 1 aliphatic heterocycles. The summed E-state index contributed by atoms with van der Waals surface area (Å²) in [5, 5.41) is 0. The first-order valence-corrected chi connectivity index (χ1v) is 5.41. The summed E-state index contributed by atoms with van der Waals surface area (Å²) in [6.07, 6.45) is 5.58. The van der Waals surface area contributed by atoms with E-state index in [2.05, 4.69) is 26.8 Å². The highest BCUT2D eigenvalue weighted by atomic mass is 16.6. The lowest BCUT2D eigenvalue weighted by molar-refractivity contribution is -0.895. The zero-order chi connectivity index (χ0) is 11.6. The van der Waals surface area contributed by atoms with Gasteiger partial charge in [0.15, 0.2) is 5.60 Å². The Morgan fingerprint density at radius 3 is 2.27 bits per heavy atom. The molecule has 0 amide bonds. The summed E-state index contributed by atoms with van der Waals surface area (Å²) in [4.78, 5) is 12.6. The van der Waals surface area contributed by atoms with Crippen molar-refractivity contribution in [2.24, 2.45) is 11.8 Å². The standard InChI is InChI=1S/C12H19NO2/c1-6-12(15-11(4)14)9(2)7-13(5)8-10(12)3/h1,9-10H,7-8H2,2-5H3/p+1/t9-,10+,12?. The molecule has 1 fully saturated rings. The normalized spacial score (nSPS) is 40.6. The Hall–Kier alpha value is -1.01. The number of hydrogen-bond donors (Lipinski definition) is 1. The van der Waals surface area contributed by atoms with Crippen molar-refractivity contribution in [2.75, 3.05) is 20.1 Å². The average molecular weight is 210 g/mol. The summed E-state index contributed by atoms with van der Waals surface area (Å²) in [5.74, 6) is 2.83. The van der Waals surface area contributed by atoms with Gasteiger partial charge in [0.25, 0.3) is 0 Å². The Labute approximate surface area is 91.8 Å². The van der Waals surface area contributed by atoms with Crippen molar-refractivity contribution in [1.82, 2.24) is 0 Å². The molecule has 3 heteroatoms. The van der Waals surface area contributed by atoms with E-state index in [1.165, 1.54) is 11.8 Å². The molecule has 3 nitrogen and oxygen atoms in total. The minimum atomic E-state index is -0.703. The molecule has 2 unspecified atom stereocenters. The van der Waals surface area contributed by atoms with Gasteiger partial charge < -0.3 is 9.64 Å². The predicted octanol–water partition coefficient (Wildman–Crippen LogP) is -0.278. The van der Waals surface area contributed by atoms with E-state index in [4.69, 9.17) is 11.2 Å². The van der Waals surface area contributed by atoms with Gasteiger partial charge in [0, 0.05) is 6.92 Å². The molecule has 15 heavy (non-hydrogen) atoms. The van der Waals surface area contributed by atoms with Crippen LogP contribution in [-0.2, 0) is 9.53 Å². The zero-order valence-corrected chi connectivity index (χ0v) is 9.96. The van der Waals surface area contributed by atoms with Crippen LogP contribution < -0.4 is 4.90 Å². The number of piperidine rings is 1. The monoisotopic (exact) mass is 210 g/mol. The number of ether oxygens (including phenoxy) is 1. The molecule has 0 aliphatic carbocycles. The van der Waals surface area contributed by atoms with Gasteiger partial charge in [-0.05, 0) is 0 Å². The maximum absolute atomic E-state index is 11.1. The fourth-order valence-corrected chi connectivity index (χ4v) is 2.67. The molecular weight excluding hydrogens is 190 g/mol. The Morgan fingerprint density at radius 1 is 1.47 bits per heavy atom. The molecule has 1 rings (SSSR count). The van der Waals surface area contributed by atoms with E-state index in [0.29, 0.717) is 0 Å². The smallest absolute Gasteiger partial charge is 0.304 e. The highest BCUT2D eigenvalue weighted by molar-refractivity contribution is 5.67. The summed E-state index contributed by atoms with van der Waals surface area (Å²) in [5.41, 5.74) is -0.703. The van der Waals surface area contributed by atoms with Gasteiger partial charge in [0.2, 0.25) is 0 Å². The molecule has 0 saturated carbocycles. The third-order valence-electron chi connectivity index (χ3n) is 3.31. The highest BCUT2D eigenvalue weighted by Crippen LogP contribution is 2.31. The maximum atomic E-state index is 11.1. The zero-order valence-electron chi connectivity index (χ0n) is 9.96. The number of likely N-dealkylation sites (tertiary alicyclic amines) is 1.